The van der Waals surface area contributed by atoms with Crippen LogP contribution in [0.2, 0.25) is 0 Å². The Bertz CT molecular complexity index is 2020. The van der Waals surface area contributed by atoms with E-state index in [4.69, 9.17) is 4.98 Å². The van der Waals surface area contributed by atoms with Gasteiger partial charge in [0.25, 0.3) is 15.6 Å². The van der Waals surface area contributed by atoms with Crippen molar-refractivity contribution in [2.75, 3.05) is 11.4 Å². The monoisotopic (exact) mass is 591 g/mol. The summed E-state index contributed by atoms with van der Waals surface area (Å²) in [5.74, 6) is -0.151. The minimum absolute atomic E-state index is 0.110. The molecule has 2 N–H and O–H groups in total. The molecule has 0 saturated heterocycles. The predicted octanol–water partition coefficient (Wildman–Crippen LogP) is 3.20. The molecule has 2 aromatic carbocycles. The highest BCUT2D eigenvalue weighted by Gasteiger charge is 2.28. The molecule has 5 aromatic rings. The number of benzene rings is 2. The highest BCUT2D eigenvalue weighted by molar-refractivity contribution is 7.92. The lowest BCUT2D eigenvalue weighted by Gasteiger charge is -2.21. The largest absolute Gasteiger partial charge is 0.336 e. The van der Waals surface area contributed by atoms with Gasteiger partial charge in [-0.25, -0.2) is 22.6 Å². The summed E-state index contributed by atoms with van der Waals surface area (Å²) < 4.78 is 45.6. The number of fused-ring (bicyclic) bond motifs is 1. The molecule has 42 heavy (non-hydrogen) atoms. The molecule has 1 unspecified atom stereocenters. The van der Waals surface area contributed by atoms with Crippen molar-refractivity contribution in [3.8, 4) is 0 Å². The molecule has 1 saturated carbocycles. The van der Waals surface area contributed by atoms with Crippen molar-refractivity contribution in [1.29, 1.82) is 0 Å². The van der Waals surface area contributed by atoms with Gasteiger partial charge in [0, 0.05) is 32.8 Å². The molecule has 1 atom stereocenters. The number of nitrogens with zero attached hydrogens (tertiary/aromatic N) is 5. The van der Waals surface area contributed by atoms with Crippen LogP contribution in [0.25, 0.3) is 11.2 Å². The van der Waals surface area contributed by atoms with Gasteiger partial charge >= 0.3 is 5.69 Å². The van der Waals surface area contributed by atoms with Gasteiger partial charge in [-0.15, -0.1) is 0 Å². The quantitative estimate of drug-likeness (QED) is 0.270. The highest BCUT2D eigenvalue weighted by Crippen LogP contribution is 2.33. The van der Waals surface area contributed by atoms with Crippen molar-refractivity contribution < 1.29 is 12.8 Å². The summed E-state index contributed by atoms with van der Waals surface area (Å²) in [4.78, 5) is 35.7. The molecule has 0 amide bonds. The summed E-state index contributed by atoms with van der Waals surface area (Å²) in [7, 11) is -0.735. The van der Waals surface area contributed by atoms with E-state index in [1.807, 2.05) is 0 Å². The molecule has 0 bridgehead atoms. The van der Waals surface area contributed by atoms with Crippen LogP contribution in [0.1, 0.15) is 41.4 Å². The van der Waals surface area contributed by atoms with E-state index in [0.717, 1.165) is 18.4 Å². The van der Waals surface area contributed by atoms with E-state index >= 15 is 0 Å². The van der Waals surface area contributed by atoms with Crippen molar-refractivity contribution >= 4 is 26.9 Å². The maximum absolute atomic E-state index is 14.8. The minimum Gasteiger partial charge on any atom is -0.336 e. The number of halogens is 1. The molecule has 3 aromatic heterocycles. The number of anilines is 1. The Kier molecular flexibility index (Phi) is 6.84. The molecule has 1 fully saturated rings. The zero-order valence-corrected chi connectivity index (χ0v) is 24.2. The smallest absolute Gasteiger partial charge is 0.330 e. The van der Waals surface area contributed by atoms with Crippen LogP contribution in [0, 0.1) is 18.7 Å². The number of aromatic nitrogens is 6. The van der Waals surface area contributed by atoms with Crippen molar-refractivity contribution in [3.05, 3.63) is 104 Å². The van der Waals surface area contributed by atoms with Crippen LogP contribution in [0.3, 0.4) is 0 Å². The first kappa shape index (κ1) is 27.6. The van der Waals surface area contributed by atoms with Crippen LogP contribution in [0.4, 0.5) is 10.1 Å². The summed E-state index contributed by atoms with van der Waals surface area (Å²) in [5, 5.41) is 4.15. The van der Waals surface area contributed by atoms with Gasteiger partial charge in [-0.3, -0.25) is 23.3 Å². The van der Waals surface area contributed by atoms with E-state index in [-0.39, 0.29) is 28.3 Å². The number of rotatable bonds is 9. The Morgan fingerprint density at radius 1 is 1.10 bits per heavy atom. The number of imidazole rings is 1. The van der Waals surface area contributed by atoms with Gasteiger partial charge in [0.2, 0.25) is 0 Å². The van der Waals surface area contributed by atoms with Gasteiger partial charge in [-0.2, -0.15) is 5.10 Å². The van der Waals surface area contributed by atoms with Crippen molar-refractivity contribution in [2.24, 2.45) is 13.0 Å². The normalized spacial score (nSPS) is 14.4. The van der Waals surface area contributed by atoms with Gasteiger partial charge in [0.15, 0.2) is 5.65 Å². The molecule has 11 nitrogen and oxygen atoms in total. The number of aromatic amines is 2. The Morgan fingerprint density at radius 2 is 1.81 bits per heavy atom. The summed E-state index contributed by atoms with van der Waals surface area (Å²) in [6, 6.07) is 13.3. The van der Waals surface area contributed by atoms with Crippen LogP contribution in [-0.4, -0.2) is 44.8 Å². The van der Waals surface area contributed by atoms with Gasteiger partial charge in [-0.1, -0.05) is 30.3 Å². The fourth-order valence-electron chi connectivity index (χ4n) is 5.24. The first-order chi connectivity index (χ1) is 20.0. The van der Waals surface area contributed by atoms with Crippen molar-refractivity contribution in [2.45, 2.75) is 43.5 Å². The van der Waals surface area contributed by atoms with E-state index in [2.05, 4.69) is 15.1 Å². The second-order valence-corrected chi connectivity index (χ2v) is 12.7. The lowest BCUT2D eigenvalue weighted by molar-refractivity contribution is 0.593. The number of hydrogen-bond donors (Lipinski definition) is 2. The van der Waals surface area contributed by atoms with Crippen LogP contribution >= 0.6 is 0 Å². The topological polar surface area (TPSA) is 139 Å². The SMILES string of the molecule is Cc1nn(C)cc1S(=O)(=O)N(C)c1ccc(C(Cc2ccccc2F)c2nc3c([nH]2)c(=O)[nH]c(=O)n3CC2CC2)cc1. The van der Waals surface area contributed by atoms with Gasteiger partial charge < -0.3 is 4.98 Å². The fourth-order valence-corrected chi connectivity index (χ4v) is 6.64. The molecule has 6 rings (SSSR count). The maximum Gasteiger partial charge on any atom is 0.330 e. The van der Waals surface area contributed by atoms with Crippen LogP contribution in [-0.2, 0) is 30.0 Å². The van der Waals surface area contributed by atoms with Gasteiger partial charge in [0.05, 0.1) is 11.4 Å². The van der Waals surface area contributed by atoms with E-state index in [9.17, 15) is 22.4 Å². The maximum atomic E-state index is 14.8. The predicted molar refractivity (Wildman–Crippen MR) is 156 cm³/mol. The van der Waals surface area contributed by atoms with Crippen molar-refractivity contribution in [3.63, 3.8) is 0 Å². The van der Waals surface area contributed by atoms with E-state index in [1.54, 1.807) is 56.4 Å². The lowest BCUT2D eigenvalue weighted by Crippen LogP contribution is -2.30. The lowest BCUT2D eigenvalue weighted by atomic mass is 9.91. The molecular weight excluding hydrogens is 561 g/mol. The third-order valence-electron chi connectivity index (χ3n) is 7.77. The Balaban J connectivity index is 1.41. The fraction of sp³-hybridized carbons (Fsp3) is 0.310. The number of aryl methyl sites for hydroxylation is 2. The summed E-state index contributed by atoms with van der Waals surface area (Å²) in [5.41, 5.74) is 1.34. The number of sulfonamides is 1. The molecule has 0 spiro atoms. The second-order valence-electron chi connectivity index (χ2n) is 10.8. The Morgan fingerprint density at radius 3 is 2.45 bits per heavy atom. The van der Waals surface area contributed by atoms with E-state index in [1.165, 1.54) is 32.9 Å². The van der Waals surface area contributed by atoms with Gasteiger partial charge in [0.1, 0.15) is 22.1 Å². The summed E-state index contributed by atoms with van der Waals surface area (Å²) in [6.45, 7) is 2.10. The van der Waals surface area contributed by atoms with E-state index < -0.39 is 27.2 Å². The molecule has 3 heterocycles. The molecule has 0 aliphatic heterocycles. The minimum atomic E-state index is -3.87. The first-order valence-corrected chi connectivity index (χ1v) is 15.0. The van der Waals surface area contributed by atoms with E-state index in [0.29, 0.717) is 35.2 Å². The molecular formula is C29H30FN7O4S. The zero-order valence-electron chi connectivity index (χ0n) is 23.3. The standard InChI is InChI=1S/C29H30FN7O4S/c1-17-24(16-35(2)34-17)42(40,41)36(3)21-12-10-19(11-13-21)22(14-20-6-4-5-7-23(20)30)26-31-25-27(32-26)37(15-18-8-9-18)29(39)33-28(25)38/h4-7,10-13,16,18,22H,8-9,14-15H2,1-3H3,(H,31,32)(H,33,38,39). The van der Waals surface area contributed by atoms with Crippen LogP contribution in [0.5, 0.6) is 0 Å². The highest BCUT2D eigenvalue weighted by atomic mass is 32.2. The summed E-state index contributed by atoms with van der Waals surface area (Å²) >= 11 is 0. The van der Waals surface area contributed by atoms with Crippen LogP contribution in [0.15, 0.2) is 69.2 Å². The molecule has 1 aliphatic carbocycles. The Hall–Kier alpha value is -4.52. The zero-order chi connectivity index (χ0) is 29.8. The second kappa shape index (κ2) is 10.4. The molecule has 13 heteroatoms. The third kappa shape index (κ3) is 5.04. The number of H-pyrrole nitrogens is 2. The molecule has 0 radical (unpaired) electrons. The van der Waals surface area contributed by atoms with Crippen molar-refractivity contribution in [1.82, 2.24) is 29.3 Å². The molecule has 218 valence electrons. The average Bonchev–Trinajstić information content (AvgIpc) is 3.56. The average molecular weight is 592 g/mol. The number of nitrogens with one attached hydrogen (secondary N) is 2. The number of hydrogen-bond acceptors (Lipinski definition) is 6. The molecule has 1 aliphatic rings. The summed E-state index contributed by atoms with van der Waals surface area (Å²) in [6.07, 6.45) is 3.69. The first-order valence-electron chi connectivity index (χ1n) is 13.6. The van der Waals surface area contributed by atoms with Gasteiger partial charge in [-0.05, 0) is 61.4 Å². The van der Waals surface area contributed by atoms with Crippen LogP contribution < -0.4 is 15.6 Å². The Labute approximate surface area is 240 Å². The third-order valence-corrected chi connectivity index (χ3v) is 9.66.